The number of hydrogen-bond acceptors (Lipinski definition) is 3. The number of aliphatic carboxylic acids is 1. The van der Waals surface area contributed by atoms with Gasteiger partial charge in [-0.05, 0) is 63.8 Å². The van der Waals surface area contributed by atoms with E-state index < -0.39 is 12.0 Å². The van der Waals surface area contributed by atoms with Crippen LogP contribution in [0.4, 0.5) is 0 Å². The Kier molecular flexibility index (Phi) is 5.24. The van der Waals surface area contributed by atoms with Gasteiger partial charge in [0.15, 0.2) is 0 Å². The zero-order chi connectivity index (χ0) is 16.4. The first kappa shape index (κ1) is 16.7. The first-order chi connectivity index (χ1) is 11.1. The summed E-state index contributed by atoms with van der Waals surface area (Å²) in [6, 6.07) is 0.341. The Bertz CT molecular complexity index is 442. The summed E-state index contributed by atoms with van der Waals surface area (Å²) in [5, 5.41) is 9.39. The molecule has 0 aromatic carbocycles. The Morgan fingerprint density at radius 3 is 2.17 bits per heavy atom. The lowest BCUT2D eigenvalue weighted by atomic mass is 9.86. The number of carboxylic acids is 1. The van der Waals surface area contributed by atoms with Crippen molar-refractivity contribution in [2.45, 2.75) is 82.8 Å². The molecule has 0 radical (unpaired) electrons. The van der Waals surface area contributed by atoms with Gasteiger partial charge >= 0.3 is 5.97 Å². The van der Waals surface area contributed by atoms with Gasteiger partial charge in [-0.3, -0.25) is 14.5 Å². The predicted molar refractivity (Wildman–Crippen MR) is 88.1 cm³/mol. The number of carbonyl (C=O) groups excluding carboxylic acids is 1. The van der Waals surface area contributed by atoms with E-state index in [0.29, 0.717) is 25.0 Å². The monoisotopic (exact) mass is 322 g/mol. The van der Waals surface area contributed by atoms with E-state index in [-0.39, 0.29) is 5.91 Å². The number of carboxylic acid groups (broad SMARTS) is 1. The van der Waals surface area contributed by atoms with E-state index in [9.17, 15) is 14.7 Å². The molecule has 1 atom stereocenters. The molecule has 0 aromatic rings. The number of carbonyl (C=O) groups is 2. The number of piperidine rings is 1. The van der Waals surface area contributed by atoms with E-state index in [1.165, 1.54) is 12.8 Å². The second kappa shape index (κ2) is 7.20. The highest BCUT2D eigenvalue weighted by molar-refractivity contribution is 5.81. The molecule has 1 aliphatic heterocycles. The highest BCUT2D eigenvalue weighted by atomic mass is 16.4. The lowest BCUT2D eigenvalue weighted by Gasteiger charge is -2.39. The molecule has 0 spiro atoms. The molecular weight excluding hydrogens is 292 g/mol. The summed E-state index contributed by atoms with van der Waals surface area (Å²) in [5.41, 5.74) is 0. The minimum atomic E-state index is -0.776. The fourth-order valence-electron chi connectivity index (χ4n) is 4.29. The fraction of sp³-hybridized carbons (Fsp3) is 0.889. The van der Waals surface area contributed by atoms with Gasteiger partial charge in [0.05, 0.1) is 6.54 Å². The van der Waals surface area contributed by atoms with E-state index in [1.54, 1.807) is 0 Å². The third-order valence-electron chi connectivity index (χ3n) is 5.84. The molecule has 5 nitrogen and oxygen atoms in total. The standard InChI is InChI=1S/C18H30N2O3/c1-13-5-7-14(8-6-13)20(15-9-10-15)17(21)12-19-11-3-2-4-16(19)18(22)23/h13-16H,2-12H2,1H3,(H,22,23). The van der Waals surface area contributed by atoms with Gasteiger partial charge in [-0.25, -0.2) is 0 Å². The molecule has 0 aromatic heterocycles. The van der Waals surface area contributed by atoms with Crippen molar-refractivity contribution in [2.75, 3.05) is 13.1 Å². The summed E-state index contributed by atoms with van der Waals surface area (Å²) in [5.74, 6) is 0.169. The third-order valence-corrected chi connectivity index (χ3v) is 5.84. The Labute approximate surface area is 139 Å². The molecule has 3 rings (SSSR count). The summed E-state index contributed by atoms with van der Waals surface area (Å²) in [6.07, 6.45) is 9.53. The van der Waals surface area contributed by atoms with Gasteiger partial charge < -0.3 is 10.0 Å². The Morgan fingerprint density at radius 2 is 1.61 bits per heavy atom. The molecule has 1 amide bonds. The lowest BCUT2D eigenvalue weighted by Crippen LogP contribution is -2.52. The zero-order valence-corrected chi connectivity index (χ0v) is 14.2. The average molecular weight is 322 g/mol. The minimum absolute atomic E-state index is 0.167. The van der Waals surface area contributed by atoms with E-state index in [1.807, 2.05) is 4.90 Å². The summed E-state index contributed by atoms with van der Waals surface area (Å²) in [6.45, 7) is 3.33. The van der Waals surface area contributed by atoms with Crippen molar-refractivity contribution in [1.82, 2.24) is 9.80 Å². The van der Waals surface area contributed by atoms with Gasteiger partial charge in [-0.2, -0.15) is 0 Å². The second-order valence-electron chi connectivity index (χ2n) is 7.77. The Morgan fingerprint density at radius 1 is 1.00 bits per heavy atom. The topological polar surface area (TPSA) is 60.9 Å². The summed E-state index contributed by atoms with van der Waals surface area (Å²) in [7, 11) is 0. The molecule has 0 bridgehead atoms. The van der Waals surface area contributed by atoms with E-state index >= 15 is 0 Å². The highest BCUT2D eigenvalue weighted by Crippen LogP contribution is 2.35. The van der Waals surface area contributed by atoms with Crippen LogP contribution >= 0.6 is 0 Å². The van der Waals surface area contributed by atoms with Crippen molar-refractivity contribution >= 4 is 11.9 Å². The van der Waals surface area contributed by atoms with E-state index in [0.717, 1.165) is 51.0 Å². The van der Waals surface area contributed by atoms with Crippen LogP contribution < -0.4 is 0 Å². The predicted octanol–water partition coefficient (Wildman–Crippen LogP) is 2.50. The lowest BCUT2D eigenvalue weighted by molar-refractivity contribution is -0.147. The van der Waals surface area contributed by atoms with Gasteiger partial charge in [0.1, 0.15) is 6.04 Å². The van der Waals surface area contributed by atoms with E-state index in [2.05, 4.69) is 11.8 Å². The van der Waals surface area contributed by atoms with Gasteiger partial charge in [-0.15, -0.1) is 0 Å². The smallest absolute Gasteiger partial charge is 0.320 e. The molecule has 23 heavy (non-hydrogen) atoms. The average Bonchev–Trinajstić information content (AvgIpc) is 3.34. The van der Waals surface area contributed by atoms with Crippen LogP contribution in [0.2, 0.25) is 0 Å². The van der Waals surface area contributed by atoms with Crippen LogP contribution in [0.3, 0.4) is 0 Å². The van der Waals surface area contributed by atoms with Crippen LogP contribution in [-0.4, -0.2) is 58.0 Å². The molecular formula is C18H30N2O3. The van der Waals surface area contributed by atoms with Gasteiger partial charge in [0, 0.05) is 12.1 Å². The SMILES string of the molecule is CC1CCC(N(C(=O)CN2CCCCC2C(=O)O)C2CC2)CC1. The number of likely N-dealkylation sites (tertiary alicyclic amines) is 1. The van der Waals surface area contributed by atoms with Crippen molar-refractivity contribution < 1.29 is 14.7 Å². The second-order valence-corrected chi connectivity index (χ2v) is 7.77. The van der Waals surface area contributed by atoms with Gasteiger partial charge in [-0.1, -0.05) is 13.3 Å². The number of nitrogens with zero attached hydrogens (tertiary/aromatic N) is 2. The van der Waals surface area contributed by atoms with Gasteiger partial charge in [0.2, 0.25) is 5.91 Å². The summed E-state index contributed by atoms with van der Waals surface area (Å²) >= 11 is 0. The van der Waals surface area contributed by atoms with E-state index in [4.69, 9.17) is 0 Å². The van der Waals surface area contributed by atoms with Crippen LogP contribution in [0.25, 0.3) is 0 Å². The van der Waals surface area contributed by atoms with Crippen molar-refractivity contribution in [2.24, 2.45) is 5.92 Å². The molecule has 1 unspecified atom stereocenters. The molecule has 3 aliphatic rings. The zero-order valence-electron chi connectivity index (χ0n) is 14.2. The molecule has 3 fully saturated rings. The first-order valence-electron chi connectivity index (χ1n) is 9.34. The van der Waals surface area contributed by atoms with Crippen molar-refractivity contribution in [3.05, 3.63) is 0 Å². The van der Waals surface area contributed by atoms with Crippen LogP contribution in [0.5, 0.6) is 0 Å². The first-order valence-corrected chi connectivity index (χ1v) is 9.34. The number of rotatable bonds is 5. The van der Waals surface area contributed by atoms with Gasteiger partial charge in [0.25, 0.3) is 0 Å². The van der Waals surface area contributed by atoms with Crippen molar-refractivity contribution in [3.63, 3.8) is 0 Å². The van der Waals surface area contributed by atoms with Crippen LogP contribution in [0.1, 0.15) is 64.7 Å². The number of hydrogen-bond donors (Lipinski definition) is 1. The molecule has 1 heterocycles. The fourth-order valence-corrected chi connectivity index (χ4v) is 4.29. The largest absolute Gasteiger partial charge is 0.480 e. The minimum Gasteiger partial charge on any atom is -0.480 e. The molecule has 2 saturated carbocycles. The van der Waals surface area contributed by atoms with Crippen LogP contribution in [-0.2, 0) is 9.59 Å². The molecule has 1 N–H and O–H groups in total. The molecule has 2 aliphatic carbocycles. The molecule has 130 valence electrons. The maximum Gasteiger partial charge on any atom is 0.320 e. The van der Waals surface area contributed by atoms with Crippen molar-refractivity contribution in [1.29, 1.82) is 0 Å². The van der Waals surface area contributed by atoms with Crippen LogP contribution in [0.15, 0.2) is 0 Å². The Balaban J connectivity index is 1.63. The normalized spacial score (nSPS) is 32.5. The van der Waals surface area contributed by atoms with Crippen LogP contribution in [0, 0.1) is 5.92 Å². The molecule has 5 heteroatoms. The maximum atomic E-state index is 12.9. The third kappa shape index (κ3) is 4.06. The summed E-state index contributed by atoms with van der Waals surface area (Å²) in [4.78, 5) is 28.4. The Hall–Kier alpha value is -1.10. The highest BCUT2D eigenvalue weighted by Gasteiger charge is 2.40. The number of amides is 1. The quantitative estimate of drug-likeness (QED) is 0.845. The van der Waals surface area contributed by atoms with Crippen molar-refractivity contribution in [3.8, 4) is 0 Å². The summed E-state index contributed by atoms with van der Waals surface area (Å²) < 4.78 is 0. The maximum absolute atomic E-state index is 12.9. The molecule has 1 saturated heterocycles.